The lowest BCUT2D eigenvalue weighted by Crippen LogP contribution is -2.26. The van der Waals surface area contributed by atoms with Gasteiger partial charge in [-0.1, -0.05) is 76.6 Å². The molecule has 0 aliphatic heterocycles. The van der Waals surface area contributed by atoms with Crippen molar-refractivity contribution in [3.05, 3.63) is 47.5 Å². The lowest BCUT2D eigenvalue weighted by atomic mass is 9.94. The van der Waals surface area contributed by atoms with Gasteiger partial charge in [-0.25, -0.2) is 0 Å². The standard InChI is InChI=1S/C17H27N/c1-13(2)17(12-18-14(3)4)11-15(5)16-9-7-6-8-10-16/h6-11,13-15,18H,12H2,1-5H3/b17-11-. The highest BCUT2D eigenvalue weighted by atomic mass is 14.9. The molecule has 1 unspecified atom stereocenters. The highest BCUT2D eigenvalue weighted by Crippen LogP contribution is 2.20. The van der Waals surface area contributed by atoms with Gasteiger partial charge in [0.25, 0.3) is 0 Å². The number of hydrogen-bond donors (Lipinski definition) is 1. The van der Waals surface area contributed by atoms with E-state index < -0.39 is 0 Å². The number of hydrogen-bond acceptors (Lipinski definition) is 1. The molecule has 0 aromatic heterocycles. The Morgan fingerprint density at radius 3 is 2.17 bits per heavy atom. The average molecular weight is 245 g/mol. The van der Waals surface area contributed by atoms with Crippen LogP contribution in [0.25, 0.3) is 0 Å². The molecule has 0 aliphatic rings. The fourth-order valence-corrected chi connectivity index (χ4v) is 1.95. The molecule has 1 N–H and O–H groups in total. The van der Waals surface area contributed by atoms with Crippen LogP contribution in [0.4, 0.5) is 0 Å². The average Bonchev–Trinajstić information content (AvgIpc) is 2.34. The third-order valence-corrected chi connectivity index (χ3v) is 3.25. The van der Waals surface area contributed by atoms with Gasteiger partial charge in [0.2, 0.25) is 0 Å². The first-order valence-corrected chi connectivity index (χ1v) is 6.99. The summed E-state index contributed by atoms with van der Waals surface area (Å²) >= 11 is 0. The van der Waals surface area contributed by atoms with E-state index in [1.165, 1.54) is 11.1 Å². The molecule has 1 heteroatoms. The van der Waals surface area contributed by atoms with Crippen LogP contribution in [-0.2, 0) is 0 Å². The minimum absolute atomic E-state index is 0.484. The quantitative estimate of drug-likeness (QED) is 0.734. The van der Waals surface area contributed by atoms with Crippen molar-refractivity contribution in [2.45, 2.75) is 46.6 Å². The molecule has 0 fully saturated rings. The molecule has 0 aliphatic carbocycles. The van der Waals surface area contributed by atoms with E-state index in [2.05, 4.69) is 76.3 Å². The monoisotopic (exact) mass is 245 g/mol. The van der Waals surface area contributed by atoms with Crippen LogP contribution in [0.2, 0.25) is 0 Å². The largest absolute Gasteiger partial charge is 0.311 e. The maximum atomic E-state index is 3.52. The van der Waals surface area contributed by atoms with E-state index in [-0.39, 0.29) is 0 Å². The molecule has 18 heavy (non-hydrogen) atoms. The first-order valence-electron chi connectivity index (χ1n) is 6.99. The Labute approximate surface area is 112 Å². The molecule has 0 saturated carbocycles. The molecule has 0 amide bonds. The number of nitrogens with one attached hydrogen (secondary N) is 1. The SMILES string of the molecule is CC(C)NC/C(=C/C(C)c1ccccc1)C(C)C. The van der Waals surface area contributed by atoms with E-state index >= 15 is 0 Å². The lowest BCUT2D eigenvalue weighted by molar-refractivity contribution is 0.587. The van der Waals surface area contributed by atoms with Gasteiger partial charge in [-0.3, -0.25) is 0 Å². The maximum absolute atomic E-state index is 3.52. The van der Waals surface area contributed by atoms with E-state index in [0.29, 0.717) is 17.9 Å². The smallest absolute Gasteiger partial charge is 0.0169 e. The highest BCUT2D eigenvalue weighted by molar-refractivity contribution is 5.25. The number of allylic oxidation sites excluding steroid dienone is 1. The summed E-state index contributed by atoms with van der Waals surface area (Å²) in [6.45, 7) is 12.2. The summed E-state index contributed by atoms with van der Waals surface area (Å²) in [5.41, 5.74) is 2.89. The Balaban J connectivity index is 2.75. The molecule has 1 atom stereocenters. The molecular weight excluding hydrogens is 218 g/mol. The third kappa shape index (κ3) is 5.05. The van der Waals surface area contributed by atoms with Gasteiger partial charge < -0.3 is 5.32 Å². The molecule has 1 rings (SSSR count). The van der Waals surface area contributed by atoms with Crippen LogP contribution in [0.5, 0.6) is 0 Å². The third-order valence-electron chi connectivity index (χ3n) is 3.25. The van der Waals surface area contributed by atoms with Gasteiger partial charge >= 0.3 is 0 Å². The second kappa shape index (κ2) is 7.38. The van der Waals surface area contributed by atoms with Crippen LogP contribution >= 0.6 is 0 Å². The zero-order chi connectivity index (χ0) is 13.5. The van der Waals surface area contributed by atoms with Crippen molar-refractivity contribution in [2.24, 2.45) is 5.92 Å². The molecule has 100 valence electrons. The van der Waals surface area contributed by atoms with Gasteiger partial charge in [-0.15, -0.1) is 0 Å². The number of benzene rings is 1. The molecule has 0 bridgehead atoms. The molecule has 1 aromatic rings. The zero-order valence-electron chi connectivity index (χ0n) is 12.4. The summed E-state index contributed by atoms with van der Waals surface area (Å²) in [5.74, 6) is 1.08. The van der Waals surface area contributed by atoms with Gasteiger partial charge in [-0.05, 0) is 17.4 Å². The molecule has 0 spiro atoms. The van der Waals surface area contributed by atoms with Crippen LogP contribution in [0.15, 0.2) is 42.0 Å². The van der Waals surface area contributed by atoms with Crippen LogP contribution in [0.3, 0.4) is 0 Å². The second-order valence-corrected chi connectivity index (χ2v) is 5.63. The van der Waals surface area contributed by atoms with E-state index in [1.807, 2.05) is 0 Å². The zero-order valence-corrected chi connectivity index (χ0v) is 12.4. The predicted octanol–water partition coefficient (Wildman–Crippen LogP) is 4.37. The van der Waals surface area contributed by atoms with Crippen molar-refractivity contribution >= 4 is 0 Å². The fourth-order valence-electron chi connectivity index (χ4n) is 1.95. The Hall–Kier alpha value is -1.08. The van der Waals surface area contributed by atoms with Crippen LogP contribution in [0.1, 0.15) is 46.1 Å². The Morgan fingerprint density at radius 2 is 1.67 bits per heavy atom. The van der Waals surface area contributed by atoms with Gasteiger partial charge in [0.05, 0.1) is 0 Å². The van der Waals surface area contributed by atoms with E-state index in [9.17, 15) is 0 Å². The minimum Gasteiger partial charge on any atom is -0.311 e. The predicted molar refractivity (Wildman–Crippen MR) is 80.9 cm³/mol. The Kier molecular flexibility index (Phi) is 6.14. The summed E-state index contributed by atoms with van der Waals surface area (Å²) in [5, 5.41) is 3.52. The summed E-state index contributed by atoms with van der Waals surface area (Å²) < 4.78 is 0. The molecular formula is C17H27N. The highest BCUT2D eigenvalue weighted by Gasteiger charge is 2.08. The fraction of sp³-hybridized carbons (Fsp3) is 0.529. The lowest BCUT2D eigenvalue weighted by Gasteiger charge is -2.17. The van der Waals surface area contributed by atoms with Gasteiger partial charge in [-0.2, -0.15) is 0 Å². The molecule has 0 radical (unpaired) electrons. The van der Waals surface area contributed by atoms with E-state index in [4.69, 9.17) is 0 Å². The molecule has 0 heterocycles. The summed E-state index contributed by atoms with van der Waals surface area (Å²) in [7, 11) is 0. The van der Waals surface area contributed by atoms with E-state index in [1.54, 1.807) is 0 Å². The maximum Gasteiger partial charge on any atom is 0.0169 e. The molecule has 1 nitrogen and oxygen atoms in total. The minimum atomic E-state index is 0.484. The topological polar surface area (TPSA) is 12.0 Å². The van der Waals surface area contributed by atoms with Crippen molar-refractivity contribution in [1.82, 2.24) is 5.32 Å². The van der Waals surface area contributed by atoms with Gasteiger partial charge in [0, 0.05) is 12.6 Å². The van der Waals surface area contributed by atoms with Crippen LogP contribution in [-0.4, -0.2) is 12.6 Å². The summed E-state index contributed by atoms with van der Waals surface area (Å²) in [6, 6.07) is 11.2. The first kappa shape index (κ1) is 15.0. The van der Waals surface area contributed by atoms with Crippen molar-refractivity contribution in [1.29, 1.82) is 0 Å². The Morgan fingerprint density at radius 1 is 1.06 bits per heavy atom. The number of rotatable bonds is 6. The van der Waals surface area contributed by atoms with Crippen molar-refractivity contribution in [2.75, 3.05) is 6.54 Å². The van der Waals surface area contributed by atoms with Gasteiger partial charge in [0.1, 0.15) is 0 Å². The van der Waals surface area contributed by atoms with E-state index in [0.717, 1.165) is 6.54 Å². The summed E-state index contributed by atoms with van der Waals surface area (Å²) in [4.78, 5) is 0. The Bertz CT molecular complexity index is 362. The van der Waals surface area contributed by atoms with Crippen molar-refractivity contribution < 1.29 is 0 Å². The normalized spacial score (nSPS) is 14.3. The summed E-state index contributed by atoms with van der Waals surface area (Å²) in [6.07, 6.45) is 2.41. The first-order chi connectivity index (χ1) is 8.50. The second-order valence-electron chi connectivity index (χ2n) is 5.63. The molecule has 0 saturated heterocycles. The van der Waals surface area contributed by atoms with Gasteiger partial charge in [0.15, 0.2) is 0 Å². The van der Waals surface area contributed by atoms with Crippen LogP contribution in [0, 0.1) is 5.92 Å². The van der Waals surface area contributed by atoms with Crippen molar-refractivity contribution in [3.63, 3.8) is 0 Å². The van der Waals surface area contributed by atoms with Crippen LogP contribution < -0.4 is 5.32 Å². The molecule has 1 aromatic carbocycles. The van der Waals surface area contributed by atoms with Crippen molar-refractivity contribution in [3.8, 4) is 0 Å².